The Bertz CT molecular complexity index is 1330. The minimum Gasteiger partial charge on any atom is -0.756 e. The van der Waals surface area contributed by atoms with Crippen LogP contribution in [-0.2, 0) is 32.7 Å². The van der Waals surface area contributed by atoms with Gasteiger partial charge >= 0.3 is 11.9 Å². The lowest BCUT2D eigenvalue weighted by Crippen LogP contribution is -2.37. The number of likely N-dealkylation sites (N-methyl/N-ethyl adjacent to an activating group) is 1. The van der Waals surface area contributed by atoms with E-state index in [1.165, 1.54) is 44.9 Å². The molecule has 2 atom stereocenters. The van der Waals surface area contributed by atoms with Crippen molar-refractivity contribution in [2.24, 2.45) is 0 Å². The average molecular weight is 888 g/mol. The van der Waals surface area contributed by atoms with E-state index in [4.69, 9.17) is 18.5 Å². The van der Waals surface area contributed by atoms with E-state index < -0.39 is 32.5 Å². The highest BCUT2D eigenvalue weighted by atomic mass is 31.2. The van der Waals surface area contributed by atoms with Crippen LogP contribution in [-0.4, -0.2) is 70.0 Å². The third-order valence-electron chi connectivity index (χ3n) is 9.91. The molecule has 0 aliphatic heterocycles. The van der Waals surface area contributed by atoms with E-state index in [2.05, 4.69) is 98.9 Å². The van der Waals surface area contributed by atoms with Crippen molar-refractivity contribution >= 4 is 19.8 Å². The lowest BCUT2D eigenvalue weighted by molar-refractivity contribution is -0.870. The summed E-state index contributed by atoms with van der Waals surface area (Å²) in [6.07, 6.45) is 56.0. The molecule has 0 aromatic heterocycles. The van der Waals surface area contributed by atoms with Crippen molar-refractivity contribution in [2.45, 2.75) is 187 Å². The summed E-state index contributed by atoms with van der Waals surface area (Å²) in [5, 5.41) is 0. The zero-order valence-corrected chi connectivity index (χ0v) is 40.9. The Kier molecular flexibility index (Phi) is 41.5. The summed E-state index contributed by atoms with van der Waals surface area (Å²) in [7, 11) is 1.14. The molecule has 0 fully saturated rings. The molecular weight excluding hydrogens is 798 g/mol. The van der Waals surface area contributed by atoms with E-state index >= 15 is 0 Å². The number of nitrogens with zero attached hydrogens (tertiary/aromatic N) is 1. The molecule has 0 bridgehead atoms. The largest absolute Gasteiger partial charge is 0.756 e. The van der Waals surface area contributed by atoms with Crippen molar-refractivity contribution in [1.82, 2.24) is 0 Å². The van der Waals surface area contributed by atoms with Crippen LogP contribution in [0.1, 0.15) is 181 Å². The van der Waals surface area contributed by atoms with Crippen molar-refractivity contribution in [2.75, 3.05) is 47.5 Å². The molecular formula is C52H90NO8P. The molecule has 0 aliphatic rings. The zero-order valence-electron chi connectivity index (χ0n) is 40.0. The number of quaternary nitrogens is 1. The van der Waals surface area contributed by atoms with Crippen LogP contribution < -0.4 is 4.89 Å². The van der Waals surface area contributed by atoms with Gasteiger partial charge in [-0.1, -0.05) is 170 Å². The molecule has 0 aliphatic carbocycles. The predicted octanol–water partition coefficient (Wildman–Crippen LogP) is 13.7. The zero-order chi connectivity index (χ0) is 45.7. The van der Waals surface area contributed by atoms with Crippen LogP contribution in [0.3, 0.4) is 0 Å². The highest BCUT2D eigenvalue weighted by molar-refractivity contribution is 7.45. The molecule has 0 aromatic carbocycles. The summed E-state index contributed by atoms with van der Waals surface area (Å²) < 4.78 is 34.0. The molecule has 0 aromatic rings. The molecule has 0 spiro atoms. The summed E-state index contributed by atoms with van der Waals surface area (Å²) in [6, 6.07) is 0. The first kappa shape index (κ1) is 59.2. The van der Waals surface area contributed by atoms with Gasteiger partial charge < -0.3 is 27.9 Å². The number of carbonyl (C=O) groups excluding carboxylic acids is 2. The Hall–Kier alpha value is -2.81. The van der Waals surface area contributed by atoms with Crippen molar-refractivity contribution in [3.63, 3.8) is 0 Å². The molecule has 0 N–H and O–H groups in total. The molecule has 0 saturated carbocycles. The molecule has 0 saturated heterocycles. The number of esters is 2. The van der Waals surface area contributed by atoms with Crippen LogP contribution >= 0.6 is 7.82 Å². The van der Waals surface area contributed by atoms with E-state index in [0.717, 1.165) is 96.3 Å². The highest BCUT2D eigenvalue weighted by Gasteiger charge is 2.21. The van der Waals surface area contributed by atoms with Crippen LogP contribution in [0.15, 0.2) is 85.1 Å². The lowest BCUT2D eigenvalue weighted by Gasteiger charge is -2.28. The second-order valence-electron chi connectivity index (χ2n) is 17.1. The average Bonchev–Trinajstić information content (AvgIpc) is 3.23. The standard InChI is InChI=1S/C52H90NO8P/c1-6-8-10-12-14-16-18-20-22-24-25-26-27-29-31-33-35-37-39-41-43-45-52(55)61-50(49-60-62(56,57)59-47-46-53(3,4)5)48-58-51(54)44-42-40-38-36-34-32-30-28-23-21-19-17-15-13-11-9-7-2/h8-11,14-17,20-23,25-26,50H,6-7,12-13,18-19,24,27-49H2,1-5H3/b10-8-,11-9-,16-14-,17-15-,22-20-,23-21-,26-25-. The van der Waals surface area contributed by atoms with E-state index in [9.17, 15) is 19.0 Å². The number of hydrogen-bond donors (Lipinski definition) is 0. The third-order valence-corrected chi connectivity index (χ3v) is 10.9. The Labute approximate surface area is 380 Å². The Morgan fingerprint density at radius 3 is 1.29 bits per heavy atom. The van der Waals surface area contributed by atoms with Crippen LogP contribution in [0, 0.1) is 0 Å². The van der Waals surface area contributed by atoms with Gasteiger partial charge in [0.2, 0.25) is 0 Å². The first-order valence-corrected chi connectivity index (χ1v) is 25.8. The molecule has 0 heterocycles. The first-order valence-electron chi connectivity index (χ1n) is 24.3. The van der Waals surface area contributed by atoms with Gasteiger partial charge in [-0.05, 0) is 83.5 Å². The van der Waals surface area contributed by atoms with Crippen molar-refractivity contribution in [3.8, 4) is 0 Å². The van der Waals surface area contributed by atoms with E-state index in [0.29, 0.717) is 23.9 Å². The van der Waals surface area contributed by atoms with Gasteiger partial charge in [-0.3, -0.25) is 14.2 Å². The topological polar surface area (TPSA) is 111 Å². The van der Waals surface area contributed by atoms with Gasteiger partial charge in [-0.25, -0.2) is 0 Å². The number of phosphoric acid groups is 1. The maximum atomic E-state index is 12.7. The number of rotatable bonds is 43. The monoisotopic (exact) mass is 888 g/mol. The predicted molar refractivity (Wildman–Crippen MR) is 259 cm³/mol. The minimum absolute atomic E-state index is 0.0388. The number of allylic oxidation sites excluding steroid dienone is 14. The van der Waals surface area contributed by atoms with Gasteiger partial charge in [0.05, 0.1) is 27.7 Å². The fraction of sp³-hybridized carbons (Fsp3) is 0.692. The molecule has 10 heteroatoms. The second kappa shape index (κ2) is 43.4. The van der Waals surface area contributed by atoms with Gasteiger partial charge in [0, 0.05) is 12.8 Å². The fourth-order valence-electron chi connectivity index (χ4n) is 6.19. The van der Waals surface area contributed by atoms with Gasteiger partial charge in [0.1, 0.15) is 19.8 Å². The van der Waals surface area contributed by atoms with Crippen molar-refractivity contribution in [1.29, 1.82) is 0 Å². The van der Waals surface area contributed by atoms with Crippen LogP contribution in [0.25, 0.3) is 0 Å². The molecule has 0 amide bonds. The summed E-state index contributed by atoms with van der Waals surface area (Å²) in [4.78, 5) is 37.7. The summed E-state index contributed by atoms with van der Waals surface area (Å²) >= 11 is 0. The maximum absolute atomic E-state index is 12.7. The fourth-order valence-corrected chi connectivity index (χ4v) is 6.92. The SMILES string of the molecule is CC/C=C\C/C=C\C/C=C\C/C=C\CCCCCCCCCCC(=O)OC(COC(=O)CCCCCCCCC/C=C\C/C=C\C/C=C\CC)COP(=O)([O-])OCC[N+](C)(C)C. The quantitative estimate of drug-likeness (QED) is 0.0196. The Balaban J connectivity index is 4.33. The van der Waals surface area contributed by atoms with Gasteiger partial charge in [0.25, 0.3) is 7.82 Å². The molecule has 2 unspecified atom stereocenters. The van der Waals surface area contributed by atoms with E-state index in [1.807, 2.05) is 21.1 Å². The Morgan fingerprint density at radius 1 is 0.500 bits per heavy atom. The number of unbranched alkanes of at least 4 members (excludes halogenated alkanes) is 15. The highest BCUT2D eigenvalue weighted by Crippen LogP contribution is 2.38. The van der Waals surface area contributed by atoms with Crippen LogP contribution in [0.4, 0.5) is 0 Å². The normalized spacial score (nSPS) is 14.2. The van der Waals surface area contributed by atoms with Gasteiger partial charge in [-0.2, -0.15) is 0 Å². The van der Waals surface area contributed by atoms with Crippen molar-refractivity contribution in [3.05, 3.63) is 85.1 Å². The molecule has 356 valence electrons. The maximum Gasteiger partial charge on any atom is 0.306 e. The number of ether oxygens (including phenoxy) is 2. The van der Waals surface area contributed by atoms with Crippen molar-refractivity contribution < 1.29 is 42.1 Å². The first-order chi connectivity index (χ1) is 30.0. The molecule has 0 radical (unpaired) electrons. The smallest absolute Gasteiger partial charge is 0.306 e. The van der Waals surface area contributed by atoms with E-state index in [1.54, 1.807) is 0 Å². The summed E-state index contributed by atoms with van der Waals surface area (Å²) in [5.74, 6) is -0.860. The Morgan fingerprint density at radius 2 is 0.871 bits per heavy atom. The lowest BCUT2D eigenvalue weighted by atomic mass is 10.1. The van der Waals surface area contributed by atoms with Gasteiger partial charge in [0.15, 0.2) is 6.10 Å². The number of hydrogen-bond acceptors (Lipinski definition) is 8. The summed E-state index contributed by atoms with van der Waals surface area (Å²) in [5.41, 5.74) is 0. The minimum atomic E-state index is -4.64. The number of carbonyl (C=O) groups is 2. The van der Waals surface area contributed by atoms with E-state index in [-0.39, 0.29) is 26.1 Å². The van der Waals surface area contributed by atoms with Crippen LogP contribution in [0.2, 0.25) is 0 Å². The molecule has 9 nitrogen and oxygen atoms in total. The van der Waals surface area contributed by atoms with Crippen LogP contribution in [0.5, 0.6) is 0 Å². The summed E-state index contributed by atoms with van der Waals surface area (Å²) in [6.45, 7) is 3.98. The van der Waals surface area contributed by atoms with Gasteiger partial charge in [-0.15, -0.1) is 0 Å². The molecule has 0 rings (SSSR count). The molecule has 62 heavy (non-hydrogen) atoms. The second-order valence-corrected chi connectivity index (χ2v) is 18.5. The number of phosphoric ester groups is 1. The third kappa shape index (κ3) is 46.7.